The Bertz CT molecular complexity index is 514. The van der Waals surface area contributed by atoms with Gasteiger partial charge in [-0.3, -0.25) is 10.1 Å². The molecule has 2 aromatic rings. The second-order valence-corrected chi connectivity index (χ2v) is 4.25. The molecule has 0 aliphatic rings. The minimum Gasteiger partial charge on any atom is -0.497 e. The molecule has 0 atom stereocenters. The zero-order valence-electron chi connectivity index (χ0n) is 9.75. The maximum atomic E-state index is 11.5. The van der Waals surface area contributed by atoms with Crippen LogP contribution >= 0.6 is 11.3 Å². The summed E-state index contributed by atoms with van der Waals surface area (Å²) in [6.45, 7) is -0.0628. The van der Waals surface area contributed by atoms with Crippen LogP contribution in [0.4, 0.5) is 5.13 Å². The number of aromatic nitrogens is 1. The van der Waals surface area contributed by atoms with Crippen LogP contribution in [0.15, 0.2) is 35.8 Å². The Hall–Kier alpha value is -2.08. The average molecular weight is 264 g/mol. The van der Waals surface area contributed by atoms with E-state index in [1.54, 1.807) is 36.9 Å². The van der Waals surface area contributed by atoms with Gasteiger partial charge >= 0.3 is 0 Å². The highest BCUT2D eigenvalue weighted by atomic mass is 32.1. The van der Waals surface area contributed by atoms with Gasteiger partial charge in [0.05, 0.1) is 7.11 Å². The highest BCUT2D eigenvalue weighted by Crippen LogP contribution is 2.18. The Balaban J connectivity index is 1.85. The maximum absolute atomic E-state index is 11.5. The van der Waals surface area contributed by atoms with Crippen LogP contribution in [0.3, 0.4) is 0 Å². The van der Waals surface area contributed by atoms with Crippen molar-refractivity contribution in [1.29, 1.82) is 0 Å². The molecule has 0 spiro atoms. The molecule has 0 fully saturated rings. The molecule has 1 aromatic carbocycles. The molecule has 1 N–H and O–H groups in total. The number of nitrogens with zero attached hydrogens (tertiary/aromatic N) is 1. The zero-order valence-corrected chi connectivity index (χ0v) is 10.6. The molecule has 0 aliphatic heterocycles. The fourth-order valence-corrected chi connectivity index (χ4v) is 1.83. The molecule has 0 aliphatic carbocycles. The molecule has 0 bridgehead atoms. The number of rotatable bonds is 5. The van der Waals surface area contributed by atoms with Crippen LogP contribution in [-0.4, -0.2) is 24.6 Å². The number of methoxy groups -OCH3 is 1. The number of carbonyl (C=O) groups is 1. The minimum atomic E-state index is -0.243. The molecular weight excluding hydrogens is 252 g/mol. The van der Waals surface area contributed by atoms with Gasteiger partial charge in [-0.15, -0.1) is 11.3 Å². The normalized spacial score (nSPS) is 9.83. The van der Waals surface area contributed by atoms with Crippen LogP contribution in [0.25, 0.3) is 0 Å². The van der Waals surface area contributed by atoms with E-state index in [2.05, 4.69) is 10.3 Å². The van der Waals surface area contributed by atoms with E-state index in [1.807, 2.05) is 6.07 Å². The van der Waals surface area contributed by atoms with E-state index in [0.29, 0.717) is 16.6 Å². The molecule has 0 saturated carbocycles. The summed E-state index contributed by atoms with van der Waals surface area (Å²) >= 11 is 1.36. The van der Waals surface area contributed by atoms with Crippen molar-refractivity contribution >= 4 is 22.4 Å². The Kier molecular flexibility index (Phi) is 4.14. The smallest absolute Gasteiger partial charge is 0.264 e. The van der Waals surface area contributed by atoms with Gasteiger partial charge in [0.1, 0.15) is 11.5 Å². The van der Waals surface area contributed by atoms with Crippen LogP contribution in [0.5, 0.6) is 11.5 Å². The number of ether oxygens (including phenoxy) is 2. The van der Waals surface area contributed by atoms with Crippen molar-refractivity contribution in [3.8, 4) is 11.5 Å². The van der Waals surface area contributed by atoms with Crippen LogP contribution < -0.4 is 14.8 Å². The summed E-state index contributed by atoms with van der Waals surface area (Å²) in [5.74, 6) is 1.03. The second-order valence-electron chi connectivity index (χ2n) is 3.35. The number of anilines is 1. The van der Waals surface area contributed by atoms with Gasteiger partial charge in [-0.2, -0.15) is 0 Å². The Labute approximate surface area is 108 Å². The van der Waals surface area contributed by atoms with E-state index < -0.39 is 0 Å². The molecule has 2 rings (SSSR count). The molecule has 6 heteroatoms. The van der Waals surface area contributed by atoms with Gasteiger partial charge < -0.3 is 9.47 Å². The number of hydrogen-bond acceptors (Lipinski definition) is 5. The first-order valence-electron chi connectivity index (χ1n) is 5.24. The van der Waals surface area contributed by atoms with Crippen molar-refractivity contribution in [2.75, 3.05) is 19.0 Å². The molecule has 94 valence electrons. The summed E-state index contributed by atoms with van der Waals surface area (Å²) in [6.07, 6.45) is 1.63. The molecule has 0 unspecified atom stereocenters. The monoisotopic (exact) mass is 264 g/mol. The maximum Gasteiger partial charge on any atom is 0.264 e. The van der Waals surface area contributed by atoms with Gasteiger partial charge in [0.15, 0.2) is 11.7 Å². The molecule has 1 aromatic heterocycles. The number of hydrogen-bond donors (Lipinski definition) is 1. The molecule has 0 saturated heterocycles. The third-order valence-electron chi connectivity index (χ3n) is 2.09. The van der Waals surface area contributed by atoms with E-state index >= 15 is 0 Å². The summed E-state index contributed by atoms with van der Waals surface area (Å²) in [5, 5.41) is 4.99. The fourth-order valence-electron chi connectivity index (χ4n) is 1.28. The molecular formula is C12H12N2O3S. The lowest BCUT2D eigenvalue weighted by Crippen LogP contribution is -2.19. The standard InChI is InChI=1S/C12H12N2O3S/c1-16-9-3-2-4-10(7-9)17-8-11(15)14-12-13-5-6-18-12/h2-7H,8H2,1H3,(H,13,14,15). The minimum absolute atomic E-state index is 0.0628. The summed E-state index contributed by atoms with van der Waals surface area (Å²) < 4.78 is 10.4. The van der Waals surface area contributed by atoms with Crippen LogP contribution in [0, 0.1) is 0 Å². The quantitative estimate of drug-likeness (QED) is 0.899. The zero-order chi connectivity index (χ0) is 12.8. The predicted molar refractivity (Wildman–Crippen MR) is 69.2 cm³/mol. The first-order chi connectivity index (χ1) is 8.78. The van der Waals surface area contributed by atoms with Crippen LogP contribution in [-0.2, 0) is 4.79 Å². The highest BCUT2D eigenvalue weighted by Gasteiger charge is 2.05. The third-order valence-corrected chi connectivity index (χ3v) is 2.78. The van der Waals surface area contributed by atoms with Crippen molar-refractivity contribution in [2.45, 2.75) is 0 Å². The lowest BCUT2D eigenvalue weighted by molar-refractivity contribution is -0.118. The summed E-state index contributed by atoms with van der Waals surface area (Å²) in [7, 11) is 1.58. The summed E-state index contributed by atoms with van der Waals surface area (Å²) in [6, 6.07) is 7.09. The van der Waals surface area contributed by atoms with E-state index in [0.717, 1.165) is 0 Å². The lowest BCUT2D eigenvalue weighted by atomic mass is 10.3. The molecule has 18 heavy (non-hydrogen) atoms. The van der Waals surface area contributed by atoms with Crippen molar-refractivity contribution < 1.29 is 14.3 Å². The first kappa shape index (κ1) is 12.4. The van der Waals surface area contributed by atoms with Crippen LogP contribution in [0.2, 0.25) is 0 Å². The van der Waals surface area contributed by atoms with E-state index in [4.69, 9.17) is 9.47 Å². The third kappa shape index (κ3) is 3.46. The highest BCUT2D eigenvalue weighted by molar-refractivity contribution is 7.13. The van der Waals surface area contributed by atoms with Gasteiger partial charge in [0, 0.05) is 17.6 Å². The number of benzene rings is 1. The Morgan fingerprint density at radius 2 is 2.28 bits per heavy atom. The summed E-state index contributed by atoms with van der Waals surface area (Å²) in [4.78, 5) is 15.5. The fraction of sp³-hybridized carbons (Fsp3) is 0.167. The molecule has 0 radical (unpaired) electrons. The van der Waals surface area contributed by atoms with E-state index in [1.165, 1.54) is 11.3 Å². The van der Waals surface area contributed by atoms with E-state index in [-0.39, 0.29) is 12.5 Å². The van der Waals surface area contributed by atoms with Crippen molar-refractivity contribution in [3.63, 3.8) is 0 Å². The van der Waals surface area contributed by atoms with Gasteiger partial charge in [-0.1, -0.05) is 6.07 Å². The number of thiazole rings is 1. The predicted octanol–water partition coefficient (Wildman–Crippen LogP) is 2.17. The Morgan fingerprint density at radius 3 is 3.00 bits per heavy atom. The first-order valence-corrected chi connectivity index (χ1v) is 6.12. The average Bonchev–Trinajstić information content (AvgIpc) is 2.89. The topological polar surface area (TPSA) is 60.5 Å². The molecule has 1 heterocycles. The van der Waals surface area contributed by atoms with Crippen LogP contribution in [0.1, 0.15) is 0 Å². The number of nitrogens with one attached hydrogen (secondary N) is 1. The van der Waals surface area contributed by atoms with Gasteiger partial charge in [-0.25, -0.2) is 4.98 Å². The molecule has 5 nitrogen and oxygen atoms in total. The van der Waals surface area contributed by atoms with Gasteiger partial charge in [0.25, 0.3) is 5.91 Å². The lowest BCUT2D eigenvalue weighted by Gasteiger charge is -2.07. The van der Waals surface area contributed by atoms with Crippen molar-refractivity contribution in [1.82, 2.24) is 4.98 Å². The Morgan fingerprint density at radius 1 is 1.44 bits per heavy atom. The molecule has 1 amide bonds. The number of amides is 1. The number of carbonyl (C=O) groups excluding carboxylic acids is 1. The van der Waals surface area contributed by atoms with Gasteiger partial charge in [-0.05, 0) is 12.1 Å². The second kappa shape index (κ2) is 6.02. The van der Waals surface area contributed by atoms with E-state index in [9.17, 15) is 4.79 Å². The summed E-state index contributed by atoms with van der Waals surface area (Å²) in [5.41, 5.74) is 0. The van der Waals surface area contributed by atoms with Crippen molar-refractivity contribution in [2.24, 2.45) is 0 Å². The van der Waals surface area contributed by atoms with Crippen molar-refractivity contribution in [3.05, 3.63) is 35.8 Å². The SMILES string of the molecule is COc1cccc(OCC(=O)Nc2nccs2)c1. The largest absolute Gasteiger partial charge is 0.497 e. The van der Waals surface area contributed by atoms with Gasteiger partial charge in [0.2, 0.25) is 0 Å².